The van der Waals surface area contributed by atoms with Gasteiger partial charge in [-0.15, -0.1) is 0 Å². The van der Waals surface area contributed by atoms with Crippen LogP contribution in [0, 0.1) is 0 Å². The maximum atomic E-state index is 5.96. The number of rotatable bonds is 4. The molecule has 7 nitrogen and oxygen atoms in total. The Morgan fingerprint density at radius 2 is 2.14 bits per heavy atom. The van der Waals surface area contributed by atoms with Crippen LogP contribution in [0.5, 0.6) is 5.75 Å². The van der Waals surface area contributed by atoms with E-state index < -0.39 is 0 Å². The Labute approximate surface area is 125 Å². The van der Waals surface area contributed by atoms with Crippen LogP contribution in [0.1, 0.15) is 6.92 Å². The number of halogens is 1. The summed E-state index contributed by atoms with van der Waals surface area (Å²) in [5, 5.41) is 4.16. The van der Waals surface area contributed by atoms with Crippen molar-refractivity contribution in [3.63, 3.8) is 0 Å². The Bertz CT molecular complexity index is 746. The zero-order chi connectivity index (χ0) is 14.7. The lowest BCUT2D eigenvalue weighted by atomic mass is 10.2. The van der Waals surface area contributed by atoms with Gasteiger partial charge in [0.05, 0.1) is 12.8 Å². The number of aromatic nitrogens is 6. The van der Waals surface area contributed by atoms with E-state index in [0.717, 1.165) is 0 Å². The van der Waals surface area contributed by atoms with Crippen LogP contribution in [0.2, 0.25) is 5.28 Å². The zero-order valence-electron chi connectivity index (χ0n) is 11.1. The molecule has 0 aliphatic heterocycles. The summed E-state index contributed by atoms with van der Waals surface area (Å²) in [6.45, 7) is 2.46. The van der Waals surface area contributed by atoms with Gasteiger partial charge in [-0.25, -0.2) is 4.68 Å². The predicted octanol–water partition coefficient (Wildman–Crippen LogP) is 2.17. The summed E-state index contributed by atoms with van der Waals surface area (Å²) in [6.07, 6.45) is 6.63. The maximum Gasteiger partial charge on any atom is 0.255 e. The lowest BCUT2D eigenvalue weighted by molar-refractivity contribution is 0.339. The van der Waals surface area contributed by atoms with Crippen molar-refractivity contribution in [1.82, 2.24) is 29.7 Å². The summed E-state index contributed by atoms with van der Waals surface area (Å²) in [5.74, 6) is 1.40. The predicted molar refractivity (Wildman–Crippen MR) is 76.4 cm³/mol. The molecule has 0 spiro atoms. The minimum absolute atomic E-state index is 0.0901. The summed E-state index contributed by atoms with van der Waals surface area (Å²) >= 11 is 5.96. The molecule has 0 unspecified atom stereocenters. The molecule has 106 valence electrons. The summed E-state index contributed by atoms with van der Waals surface area (Å²) in [7, 11) is 0. The molecule has 8 heteroatoms. The Hall–Kier alpha value is -2.54. The molecule has 3 aromatic rings. The van der Waals surface area contributed by atoms with Crippen molar-refractivity contribution >= 4 is 11.6 Å². The normalized spacial score (nSPS) is 10.6. The molecule has 0 N–H and O–H groups in total. The number of hydrogen-bond acceptors (Lipinski definition) is 6. The third-order valence-electron chi connectivity index (χ3n) is 2.59. The second kappa shape index (κ2) is 5.84. The summed E-state index contributed by atoms with van der Waals surface area (Å²) in [6, 6.07) is 3.57. The lowest BCUT2D eigenvalue weighted by Gasteiger charge is -2.06. The van der Waals surface area contributed by atoms with E-state index in [2.05, 4.69) is 25.0 Å². The Morgan fingerprint density at radius 3 is 2.90 bits per heavy atom. The minimum atomic E-state index is 0.0901. The number of nitrogens with zero attached hydrogens (tertiary/aromatic N) is 6. The van der Waals surface area contributed by atoms with E-state index in [4.69, 9.17) is 16.3 Å². The maximum absolute atomic E-state index is 5.96. The van der Waals surface area contributed by atoms with Crippen LogP contribution in [0.3, 0.4) is 0 Å². The number of pyridine rings is 1. The van der Waals surface area contributed by atoms with Crippen LogP contribution in [0.15, 0.2) is 36.9 Å². The largest absolute Gasteiger partial charge is 0.492 e. The molecule has 0 aromatic carbocycles. The second-order valence-electron chi connectivity index (χ2n) is 4.02. The van der Waals surface area contributed by atoms with Gasteiger partial charge >= 0.3 is 0 Å². The average Bonchev–Trinajstić information content (AvgIpc) is 3.01. The third kappa shape index (κ3) is 2.97. The fourth-order valence-corrected chi connectivity index (χ4v) is 1.90. The Morgan fingerprint density at radius 1 is 1.24 bits per heavy atom. The van der Waals surface area contributed by atoms with Gasteiger partial charge in [0.2, 0.25) is 5.28 Å². The standard InChI is InChI=1S/C13H11ClN6O/c1-2-21-10-6-9(7-15-8-10)11-17-12(14)19-13(18-11)20-5-3-4-16-20/h3-8H,2H2,1H3. The van der Waals surface area contributed by atoms with Crippen LogP contribution in [-0.4, -0.2) is 36.3 Å². The third-order valence-corrected chi connectivity index (χ3v) is 2.76. The van der Waals surface area contributed by atoms with E-state index in [1.165, 1.54) is 4.68 Å². The van der Waals surface area contributed by atoms with Crippen molar-refractivity contribution in [2.24, 2.45) is 0 Å². The van der Waals surface area contributed by atoms with Crippen molar-refractivity contribution < 1.29 is 4.74 Å². The first-order valence-electron chi connectivity index (χ1n) is 6.26. The summed E-state index contributed by atoms with van der Waals surface area (Å²) in [5.41, 5.74) is 0.693. The molecule has 0 saturated heterocycles. The fraction of sp³-hybridized carbons (Fsp3) is 0.154. The summed E-state index contributed by atoms with van der Waals surface area (Å²) < 4.78 is 6.93. The van der Waals surface area contributed by atoms with Gasteiger partial charge in [0.1, 0.15) is 5.75 Å². The lowest BCUT2D eigenvalue weighted by Crippen LogP contribution is -2.05. The quantitative estimate of drug-likeness (QED) is 0.735. The van der Waals surface area contributed by atoms with E-state index in [1.807, 2.05) is 6.92 Å². The van der Waals surface area contributed by atoms with Crippen molar-refractivity contribution in [3.8, 4) is 23.1 Å². The highest BCUT2D eigenvalue weighted by molar-refractivity contribution is 6.28. The first kappa shape index (κ1) is 13.4. The molecule has 0 aliphatic rings. The van der Waals surface area contributed by atoms with Crippen LogP contribution >= 0.6 is 11.6 Å². The van der Waals surface area contributed by atoms with E-state index in [0.29, 0.717) is 29.7 Å². The molecular weight excluding hydrogens is 292 g/mol. The molecule has 3 aromatic heterocycles. The van der Waals surface area contributed by atoms with E-state index >= 15 is 0 Å². The molecular formula is C13H11ClN6O. The topological polar surface area (TPSA) is 78.6 Å². The van der Waals surface area contributed by atoms with Gasteiger partial charge in [0.15, 0.2) is 5.82 Å². The molecule has 3 heterocycles. The Balaban J connectivity index is 2.04. The van der Waals surface area contributed by atoms with Gasteiger partial charge in [-0.05, 0) is 30.7 Å². The first-order valence-corrected chi connectivity index (χ1v) is 6.64. The summed E-state index contributed by atoms with van der Waals surface area (Å²) in [4.78, 5) is 16.6. The van der Waals surface area contributed by atoms with E-state index in [1.54, 1.807) is 36.9 Å². The minimum Gasteiger partial charge on any atom is -0.492 e. The van der Waals surface area contributed by atoms with E-state index in [-0.39, 0.29) is 5.28 Å². The van der Waals surface area contributed by atoms with Crippen molar-refractivity contribution in [2.45, 2.75) is 6.92 Å². The van der Waals surface area contributed by atoms with Gasteiger partial charge in [-0.2, -0.15) is 20.1 Å². The van der Waals surface area contributed by atoms with Crippen LogP contribution < -0.4 is 4.74 Å². The molecule has 21 heavy (non-hydrogen) atoms. The van der Waals surface area contributed by atoms with Gasteiger partial charge in [0, 0.05) is 24.2 Å². The van der Waals surface area contributed by atoms with Gasteiger partial charge < -0.3 is 4.74 Å². The Kier molecular flexibility index (Phi) is 3.74. The molecule has 0 fully saturated rings. The van der Waals surface area contributed by atoms with Crippen molar-refractivity contribution in [3.05, 3.63) is 42.2 Å². The monoisotopic (exact) mass is 302 g/mol. The highest BCUT2D eigenvalue weighted by Gasteiger charge is 2.10. The number of ether oxygens (including phenoxy) is 1. The molecule has 0 aliphatic carbocycles. The molecule has 0 radical (unpaired) electrons. The molecule has 3 rings (SSSR count). The van der Waals surface area contributed by atoms with Crippen molar-refractivity contribution in [2.75, 3.05) is 6.61 Å². The highest BCUT2D eigenvalue weighted by Crippen LogP contribution is 2.21. The fourth-order valence-electron chi connectivity index (χ4n) is 1.75. The molecule has 0 atom stereocenters. The van der Waals surface area contributed by atoms with E-state index in [9.17, 15) is 0 Å². The van der Waals surface area contributed by atoms with Gasteiger partial charge in [-0.1, -0.05) is 0 Å². The zero-order valence-corrected chi connectivity index (χ0v) is 11.9. The molecule has 0 saturated carbocycles. The molecule has 0 amide bonds. The van der Waals surface area contributed by atoms with Crippen LogP contribution in [0.4, 0.5) is 0 Å². The second-order valence-corrected chi connectivity index (χ2v) is 4.36. The molecule has 0 bridgehead atoms. The van der Waals surface area contributed by atoms with Crippen LogP contribution in [-0.2, 0) is 0 Å². The smallest absolute Gasteiger partial charge is 0.255 e. The van der Waals surface area contributed by atoms with Gasteiger partial charge in [-0.3, -0.25) is 4.98 Å². The first-order chi connectivity index (χ1) is 10.3. The SMILES string of the molecule is CCOc1cncc(-c2nc(Cl)nc(-n3cccn3)n2)c1. The van der Waals surface area contributed by atoms with Crippen LogP contribution in [0.25, 0.3) is 17.3 Å². The van der Waals surface area contributed by atoms with Gasteiger partial charge in [0.25, 0.3) is 5.95 Å². The van der Waals surface area contributed by atoms with Crippen molar-refractivity contribution in [1.29, 1.82) is 0 Å². The highest BCUT2D eigenvalue weighted by atomic mass is 35.5. The average molecular weight is 303 g/mol. The number of hydrogen-bond donors (Lipinski definition) is 0.